The average Bonchev–Trinajstić information content (AvgIpc) is 2.51. The lowest BCUT2D eigenvalue weighted by Gasteiger charge is -2.30. The Bertz CT molecular complexity index is 698. The fourth-order valence-corrected chi connectivity index (χ4v) is 2.71. The third-order valence-electron chi connectivity index (χ3n) is 3.71. The normalized spacial score (nSPS) is 15.2. The van der Waals surface area contributed by atoms with E-state index in [1.807, 2.05) is 49.4 Å². The molecule has 2 aromatic carbocycles. The molecule has 1 aliphatic rings. The van der Waals surface area contributed by atoms with Crippen molar-refractivity contribution in [2.45, 2.75) is 19.5 Å². The highest BCUT2D eigenvalue weighted by Crippen LogP contribution is 2.35. The summed E-state index contributed by atoms with van der Waals surface area (Å²) in [7, 11) is 0. The number of anilines is 1. The Labute approximate surface area is 138 Å². The van der Waals surface area contributed by atoms with E-state index in [2.05, 4.69) is 15.9 Å². The number of amides is 1. The maximum atomic E-state index is 12.3. The van der Waals surface area contributed by atoms with E-state index in [9.17, 15) is 4.79 Å². The van der Waals surface area contributed by atoms with Crippen LogP contribution in [0.25, 0.3) is 0 Å². The van der Waals surface area contributed by atoms with Gasteiger partial charge in [0.05, 0.1) is 12.2 Å². The Morgan fingerprint density at radius 3 is 2.68 bits per heavy atom. The highest BCUT2D eigenvalue weighted by atomic mass is 79.9. The van der Waals surface area contributed by atoms with Gasteiger partial charge in [-0.15, -0.1) is 0 Å². The van der Waals surface area contributed by atoms with Crippen molar-refractivity contribution < 1.29 is 9.53 Å². The molecule has 0 spiro atoms. The molecule has 1 atom stereocenters. The van der Waals surface area contributed by atoms with Gasteiger partial charge in [0.15, 0.2) is 6.61 Å². The molecule has 1 amide bonds. The van der Waals surface area contributed by atoms with Crippen molar-refractivity contribution in [2.24, 2.45) is 5.73 Å². The van der Waals surface area contributed by atoms with Crippen LogP contribution in [0, 0.1) is 0 Å². The minimum atomic E-state index is -0.0862. The van der Waals surface area contributed by atoms with Gasteiger partial charge in [0, 0.05) is 10.5 Å². The maximum Gasteiger partial charge on any atom is 0.265 e. The molecule has 4 nitrogen and oxygen atoms in total. The van der Waals surface area contributed by atoms with Gasteiger partial charge in [-0.25, -0.2) is 0 Å². The zero-order chi connectivity index (χ0) is 15.7. The third kappa shape index (κ3) is 3.00. The molecule has 114 valence electrons. The van der Waals surface area contributed by atoms with Crippen molar-refractivity contribution >= 4 is 27.5 Å². The van der Waals surface area contributed by atoms with Crippen LogP contribution in [0.5, 0.6) is 5.75 Å². The molecule has 3 rings (SSSR count). The summed E-state index contributed by atoms with van der Waals surface area (Å²) in [6.45, 7) is 2.51. The van der Waals surface area contributed by atoms with Crippen LogP contribution < -0.4 is 15.4 Å². The highest BCUT2D eigenvalue weighted by Gasteiger charge is 2.26. The molecule has 0 fully saturated rings. The second-order valence-electron chi connectivity index (χ2n) is 5.41. The third-order valence-corrected chi connectivity index (χ3v) is 4.23. The van der Waals surface area contributed by atoms with E-state index < -0.39 is 0 Å². The monoisotopic (exact) mass is 360 g/mol. The van der Waals surface area contributed by atoms with Gasteiger partial charge in [0.25, 0.3) is 5.91 Å². The van der Waals surface area contributed by atoms with Crippen molar-refractivity contribution in [3.63, 3.8) is 0 Å². The highest BCUT2D eigenvalue weighted by molar-refractivity contribution is 9.10. The lowest BCUT2D eigenvalue weighted by atomic mass is 10.1. The Hall–Kier alpha value is -1.85. The van der Waals surface area contributed by atoms with Crippen LogP contribution in [0.1, 0.15) is 24.1 Å². The largest absolute Gasteiger partial charge is 0.482 e. The quantitative estimate of drug-likeness (QED) is 0.912. The van der Waals surface area contributed by atoms with Crippen molar-refractivity contribution in [1.82, 2.24) is 0 Å². The van der Waals surface area contributed by atoms with E-state index in [1.165, 1.54) is 0 Å². The van der Waals surface area contributed by atoms with E-state index in [4.69, 9.17) is 10.5 Å². The van der Waals surface area contributed by atoms with E-state index in [0.717, 1.165) is 27.0 Å². The molecule has 1 unspecified atom stereocenters. The van der Waals surface area contributed by atoms with Crippen LogP contribution in [-0.2, 0) is 11.3 Å². The molecule has 5 heteroatoms. The summed E-state index contributed by atoms with van der Waals surface area (Å²) in [6, 6.07) is 13.6. The number of ether oxygens (including phenoxy) is 1. The fourth-order valence-electron chi connectivity index (χ4n) is 2.45. The Balaban J connectivity index is 1.95. The summed E-state index contributed by atoms with van der Waals surface area (Å²) >= 11 is 3.42. The maximum absolute atomic E-state index is 12.3. The van der Waals surface area contributed by atoms with Gasteiger partial charge in [-0.2, -0.15) is 0 Å². The summed E-state index contributed by atoms with van der Waals surface area (Å²) in [4.78, 5) is 14.0. The number of hydrogen-bond acceptors (Lipinski definition) is 3. The first kappa shape index (κ1) is 15.1. The Morgan fingerprint density at radius 2 is 2.00 bits per heavy atom. The first-order valence-corrected chi connectivity index (χ1v) is 7.91. The van der Waals surface area contributed by atoms with Crippen LogP contribution in [0.2, 0.25) is 0 Å². The average molecular weight is 361 g/mol. The Kier molecular flexibility index (Phi) is 4.18. The second-order valence-corrected chi connectivity index (χ2v) is 6.33. The molecule has 0 saturated heterocycles. The molecule has 22 heavy (non-hydrogen) atoms. The summed E-state index contributed by atoms with van der Waals surface area (Å²) in [5.74, 6) is 0.679. The predicted octanol–water partition coefficient (Wildman–Crippen LogP) is 3.39. The minimum absolute atomic E-state index is 0.0442. The van der Waals surface area contributed by atoms with Gasteiger partial charge >= 0.3 is 0 Å². The summed E-state index contributed by atoms with van der Waals surface area (Å²) < 4.78 is 6.54. The summed E-state index contributed by atoms with van der Waals surface area (Å²) in [5.41, 5.74) is 8.78. The number of rotatable bonds is 3. The number of carbonyl (C=O) groups excluding carboxylic acids is 1. The van der Waals surface area contributed by atoms with Crippen LogP contribution in [-0.4, -0.2) is 12.5 Å². The van der Waals surface area contributed by atoms with Gasteiger partial charge in [-0.1, -0.05) is 34.1 Å². The lowest BCUT2D eigenvalue weighted by molar-refractivity contribution is -0.121. The number of nitrogens with zero attached hydrogens (tertiary/aromatic N) is 1. The first-order valence-electron chi connectivity index (χ1n) is 7.12. The second kappa shape index (κ2) is 6.10. The van der Waals surface area contributed by atoms with Crippen LogP contribution >= 0.6 is 15.9 Å². The van der Waals surface area contributed by atoms with E-state index in [1.54, 1.807) is 4.90 Å². The number of benzene rings is 2. The Morgan fingerprint density at radius 1 is 1.27 bits per heavy atom. The predicted molar refractivity (Wildman–Crippen MR) is 89.9 cm³/mol. The first-order chi connectivity index (χ1) is 10.5. The van der Waals surface area contributed by atoms with E-state index in [0.29, 0.717) is 6.54 Å². The molecule has 2 N–H and O–H groups in total. The van der Waals surface area contributed by atoms with Gasteiger partial charge < -0.3 is 15.4 Å². The van der Waals surface area contributed by atoms with Gasteiger partial charge in [-0.05, 0) is 42.3 Å². The van der Waals surface area contributed by atoms with Crippen molar-refractivity contribution in [3.05, 3.63) is 58.1 Å². The zero-order valence-electron chi connectivity index (χ0n) is 12.3. The van der Waals surface area contributed by atoms with Gasteiger partial charge in [0.1, 0.15) is 5.75 Å². The smallest absolute Gasteiger partial charge is 0.265 e. The van der Waals surface area contributed by atoms with Gasteiger partial charge in [-0.3, -0.25) is 4.79 Å². The van der Waals surface area contributed by atoms with Crippen LogP contribution in [0.4, 0.5) is 5.69 Å². The summed E-state index contributed by atoms with van der Waals surface area (Å²) in [5, 5.41) is 0. The standard InChI is InChI=1S/C17H17BrN2O2/c1-11(19)13-4-7-16-15(8-13)20(17(21)10-22-16)9-12-2-5-14(18)6-3-12/h2-8,11H,9-10,19H2,1H3. The molecule has 2 aromatic rings. The number of fused-ring (bicyclic) bond motifs is 1. The minimum Gasteiger partial charge on any atom is -0.482 e. The zero-order valence-corrected chi connectivity index (χ0v) is 13.8. The van der Waals surface area contributed by atoms with Crippen LogP contribution in [0.3, 0.4) is 0 Å². The molecule has 1 heterocycles. The van der Waals surface area contributed by atoms with E-state index in [-0.39, 0.29) is 18.6 Å². The van der Waals surface area contributed by atoms with Crippen LogP contribution in [0.15, 0.2) is 46.9 Å². The lowest BCUT2D eigenvalue weighted by Crippen LogP contribution is -2.38. The molecular formula is C17H17BrN2O2. The number of nitrogens with two attached hydrogens (primary N) is 1. The van der Waals surface area contributed by atoms with Crippen molar-refractivity contribution in [2.75, 3.05) is 11.5 Å². The molecule has 1 aliphatic heterocycles. The fraction of sp³-hybridized carbons (Fsp3) is 0.235. The molecule has 0 aromatic heterocycles. The van der Waals surface area contributed by atoms with Gasteiger partial charge in [0.2, 0.25) is 0 Å². The van der Waals surface area contributed by atoms with Crippen molar-refractivity contribution in [1.29, 1.82) is 0 Å². The number of hydrogen-bond donors (Lipinski definition) is 1. The number of carbonyl (C=O) groups is 1. The number of halogens is 1. The molecular weight excluding hydrogens is 344 g/mol. The molecule has 0 radical (unpaired) electrons. The molecule has 0 saturated carbocycles. The molecule has 0 bridgehead atoms. The molecule has 0 aliphatic carbocycles. The SMILES string of the molecule is CC(N)c1ccc2c(c1)N(Cc1ccc(Br)cc1)C(=O)CO2. The topological polar surface area (TPSA) is 55.6 Å². The van der Waals surface area contributed by atoms with E-state index >= 15 is 0 Å². The van der Waals surface area contributed by atoms with Crippen molar-refractivity contribution in [3.8, 4) is 5.75 Å². The summed E-state index contributed by atoms with van der Waals surface area (Å²) in [6.07, 6.45) is 0.